The highest BCUT2D eigenvalue weighted by molar-refractivity contribution is 5.97. The lowest BCUT2D eigenvalue weighted by molar-refractivity contribution is -0.141. The summed E-state index contributed by atoms with van der Waals surface area (Å²) in [4.78, 5) is 93.4. The van der Waals surface area contributed by atoms with Gasteiger partial charge in [-0.2, -0.15) is 0 Å². The fraction of sp³-hybridized carbons (Fsp3) is 0.271. The Bertz CT molecular complexity index is 2340. The predicted octanol–water partition coefficient (Wildman–Crippen LogP) is 3.24. The van der Waals surface area contributed by atoms with Gasteiger partial charge in [-0.15, -0.1) is 0 Å². The van der Waals surface area contributed by atoms with Crippen molar-refractivity contribution >= 4 is 47.5 Å². The second-order valence-corrected chi connectivity index (χ2v) is 15.6. The fourth-order valence-corrected chi connectivity index (χ4v) is 7.82. The van der Waals surface area contributed by atoms with Crippen molar-refractivity contribution in [3.63, 3.8) is 0 Å². The lowest BCUT2D eigenvalue weighted by atomic mass is 9.74. The Morgan fingerprint density at radius 2 is 1.47 bits per heavy atom. The zero-order valence-corrected chi connectivity index (χ0v) is 34.2. The maximum Gasteiger partial charge on any atom is 0.328 e. The number of hydrogen-bond donors (Lipinski definition) is 6. The van der Waals surface area contributed by atoms with Gasteiger partial charge < -0.3 is 37.0 Å². The van der Waals surface area contributed by atoms with Crippen LogP contribution in [0.5, 0.6) is 0 Å². The maximum atomic E-state index is 14.8. The molecule has 2 aliphatic heterocycles. The van der Waals surface area contributed by atoms with Gasteiger partial charge in [-0.05, 0) is 70.7 Å². The number of rotatable bonds is 8. The summed E-state index contributed by atoms with van der Waals surface area (Å²) >= 11 is 0. The van der Waals surface area contributed by atoms with Crippen LogP contribution in [0, 0.1) is 5.41 Å². The highest BCUT2D eigenvalue weighted by Gasteiger charge is 2.44. The van der Waals surface area contributed by atoms with Crippen molar-refractivity contribution in [1.82, 2.24) is 26.2 Å². The number of carbonyl (C=O) groups is 7. The van der Waals surface area contributed by atoms with Gasteiger partial charge in [0.15, 0.2) is 0 Å². The summed E-state index contributed by atoms with van der Waals surface area (Å²) in [6, 6.07) is 29.4. The van der Waals surface area contributed by atoms with E-state index in [4.69, 9.17) is 10.8 Å². The van der Waals surface area contributed by atoms with Crippen molar-refractivity contribution in [3.8, 4) is 11.1 Å². The van der Waals surface area contributed by atoms with Gasteiger partial charge in [-0.3, -0.25) is 28.8 Å². The van der Waals surface area contributed by atoms with Crippen LogP contribution in [-0.4, -0.2) is 83.1 Å². The summed E-state index contributed by atoms with van der Waals surface area (Å²) in [6.07, 6.45) is 6.06. The minimum Gasteiger partial charge on any atom is -0.478 e. The molecule has 4 aromatic carbocycles. The number of carboxylic acids is 1. The molecule has 3 atom stereocenters. The van der Waals surface area contributed by atoms with E-state index in [2.05, 4.69) is 21.3 Å². The summed E-state index contributed by atoms with van der Waals surface area (Å²) in [5, 5.41) is 20.3. The lowest BCUT2D eigenvalue weighted by Crippen LogP contribution is -2.58. The van der Waals surface area contributed by atoms with Gasteiger partial charge in [0.1, 0.15) is 12.1 Å². The summed E-state index contributed by atoms with van der Waals surface area (Å²) in [7, 11) is 0. The van der Waals surface area contributed by atoms with E-state index in [0.717, 1.165) is 46.0 Å². The van der Waals surface area contributed by atoms with Gasteiger partial charge in [0, 0.05) is 50.8 Å². The molecular formula is C48H50N6O8. The highest BCUT2D eigenvalue weighted by atomic mass is 16.4. The fourth-order valence-electron chi connectivity index (χ4n) is 7.82. The van der Waals surface area contributed by atoms with Crippen LogP contribution < -0.4 is 27.0 Å². The zero-order chi connectivity index (χ0) is 44.1. The molecule has 4 aromatic rings. The molecule has 7 N–H and O–H groups in total. The second kappa shape index (κ2) is 20.8. The number of amides is 6. The van der Waals surface area contributed by atoms with Crippen molar-refractivity contribution < 1.29 is 38.7 Å². The van der Waals surface area contributed by atoms with Gasteiger partial charge in [-0.25, -0.2) is 4.79 Å². The first-order valence-corrected chi connectivity index (χ1v) is 20.5. The molecule has 0 radical (unpaired) electrons. The monoisotopic (exact) mass is 838 g/mol. The molecule has 6 rings (SSSR count). The van der Waals surface area contributed by atoms with E-state index in [9.17, 15) is 33.6 Å². The summed E-state index contributed by atoms with van der Waals surface area (Å²) in [5.74, 6) is -4.20. The Balaban J connectivity index is 1.32. The van der Waals surface area contributed by atoms with Gasteiger partial charge in [0.2, 0.25) is 35.4 Å². The number of primary amides is 1. The third-order valence-electron chi connectivity index (χ3n) is 11.1. The predicted molar refractivity (Wildman–Crippen MR) is 232 cm³/mol. The van der Waals surface area contributed by atoms with Crippen molar-refractivity contribution in [2.45, 2.75) is 57.2 Å². The van der Waals surface area contributed by atoms with Gasteiger partial charge in [-0.1, -0.05) is 103 Å². The third kappa shape index (κ3) is 12.1. The van der Waals surface area contributed by atoms with E-state index in [1.807, 2.05) is 78.9 Å². The summed E-state index contributed by atoms with van der Waals surface area (Å²) in [5.41, 5.74) is 9.88. The number of benzene rings is 4. The molecule has 62 heavy (non-hydrogen) atoms. The topological polar surface area (TPSA) is 217 Å². The van der Waals surface area contributed by atoms with Gasteiger partial charge in [0.05, 0.1) is 11.8 Å². The van der Waals surface area contributed by atoms with Crippen molar-refractivity contribution in [1.29, 1.82) is 0 Å². The molecule has 0 saturated carbocycles. The third-order valence-corrected chi connectivity index (χ3v) is 11.1. The standard InChI is InChI=1S/C48H50N6O8/c49-45(60)39-23-25-50-41(55)20-21-43(57)54-26-6-24-48(31-54,29-34-7-2-1-3-8-34)47(62)53-40(46(61)51-30-38-10-5-4-9-37(38)28-42(56)52-39)27-33-13-18-36(19-14-33)35-16-11-32(12-17-35)15-22-44(58)59/h1-5,7-22,39-40H,6,23-31H2,(H2,49,60)(H,50,55)(H,51,61)(H,52,56)(H,53,62)(H,58,59)/b21-20+,22-15+/t39-,40-,48-/m0/s1. The SMILES string of the molecule is NC(=O)[C@@H]1CCNC(=O)/C=C/C(=O)N2CCC[C@](Cc3ccccc3)(C2)C(=O)N[C@@H](Cc2ccc(-c3ccc(/C=C/C(=O)O)cc3)cc2)C(=O)NCc2ccccc2CC(=O)N1. The van der Waals surface area contributed by atoms with Crippen molar-refractivity contribution in [2.24, 2.45) is 11.1 Å². The molecule has 320 valence electrons. The number of aliphatic carboxylic acids is 1. The van der Waals surface area contributed by atoms with E-state index in [-0.39, 0.29) is 45.3 Å². The molecule has 14 heteroatoms. The maximum absolute atomic E-state index is 14.8. The molecule has 2 heterocycles. The zero-order valence-electron chi connectivity index (χ0n) is 34.2. The number of carbonyl (C=O) groups excluding carboxylic acids is 6. The second-order valence-electron chi connectivity index (χ2n) is 15.6. The Kier molecular flexibility index (Phi) is 14.8. The molecule has 0 aromatic heterocycles. The van der Waals surface area contributed by atoms with Crippen molar-refractivity contribution in [2.75, 3.05) is 19.6 Å². The number of hydrogen-bond acceptors (Lipinski definition) is 7. The van der Waals surface area contributed by atoms with Crippen LogP contribution in [0.4, 0.5) is 0 Å². The normalized spacial score (nSPS) is 21.2. The number of nitrogens with zero attached hydrogens (tertiary/aromatic N) is 1. The van der Waals surface area contributed by atoms with E-state index in [1.54, 1.807) is 29.2 Å². The van der Waals surface area contributed by atoms with Crippen LogP contribution in [0.25, 0.3) is 17.2 Å². The molecule has 2 bridgehead atoms. The van der Waals surface area contributed by atoms with E-state index in [1.165, 1.54) is 6.08 Å². The first kappa shape index (κ1) is 44.2. The average Bonchev–Trinajstić information content (AvgIpc) is 3.27. The lowest BCUT2D eigenvalue weighted by Gasteiger charge is -2.42. The van der Waals surface area contributed by atoms with Crippen LogP contribution in [0.2, 0.25) is 0 Å². The van der Waals surface area contributed by atoms with Crippen molar-refractivity contribution in [3.05, 3.63) is 149 Å². The largest absolute Gasteiger partial charge is 0.478 e. The molecule has 6 amide bonds. The van der Waals surface area contributed by atoms with Crippen LogP contribution in [0.3, 0.4) is 0 Å². The quantitative estimate of drug-likeness (QED) is 0.145. The Morgan fingerprint density at radius 1 is 0.790 bits per heavy atom. The number of nitrogens with one attached hydrogen (secondary N) is 4. The molecule has 2 aliphatic rings. The van der Waals surface area contributed by atoms with Gasteiger partial charge >= 0.3 is 5.97 Å². The Labute approximate surface area is 359 Å². The molecule has 0 unspecified atom stereocenters. The van der Waals surface area contributed by atoms with Crippen LogP contribution in [0.15, 0.2) is 121 Å². The minimum absolute atomic E-state index is 0.00731. The first-order valence-electron chi connectivity index (χ1n) is 20.5. The molecule has 0 spiro atoms. The van der Waals surface area contributed by atoms with E-state index < -0.39 is 58.9 Å². The number of piperidine rings is 1. The number of nitrogens with two attached hydrogens (primary N) is 1. The summed E-state index contributed by atoms with van der Waals surface area (Å²) < 4.78 is 0. The Hall–Kier alpha value is -7.35. The number of fused-ring (bicyclic) bond motifs is 3. The molecule has 14 nitrogen and oxygen atoms in total. The van der Waals surface area contributed by atoms with Gasteiger partial charge in [0.25, 0.3) is 0 Å². The number of carboxylic acid groups (broad SMARTS) is 1. The molecule has 1 saturated heterocycles. The molecule has 0 aliphatic carbocycles. The van der Waals surface area contributed by atoms with Crippen LogP contribution in [0.1, 0.15) is 47.1 Å². The highest BCUT2D eigenvalue weighted by Crippen LogP contribution is 2.35. The van der Waals surface area contributed by atoms with E-state index >= 15 is 0 Å². The minimum atomic E-state index is -1.12. The smallest absolute Gasteiger partial charge is 0.328 e. The molecule has 1 fully saturated rings. The van der Waals surface area contributed by atoms with E-state index in [0.29, 0.717) is 30.5 Å². The van der Waals surface area contributed by atoms with Crippen LogP contribution in [-0.2, 0) is 59.4 Å². The summed E-state index contributed by atoms with van der Waals surface area (Å²) in [6.45, 7) is 0.415. The first-order chi connectivity index (χ1) is 29.9. The van der Waals surface area contributed by atoms with Crippen LogP contribution >= 0.6 is 0 Å². The Morgan fingerprint density at radius 3 is 2.16 bits per heavy atom. The average molecular weight is 839 g/mol. The molecular weight excluding hydrogens is 789 g/mol.